The van der Waals surface area contributed by atoms with Crippen molar-refractivity contribution in [3.63, 3.8) is 0 Å². The number of amides is 1. The standard InChI is InChI=1S/C13H11N2O3S/c14-13(16)11-7-2-1-5-9(11)10-6-3-4-8-12(10)19(15,17)18/h1,3-8H,(H2,14,16)(H2,15,17,18). The van der Waals surface area contributed by atoms with Crippen molar-refractivity contribution in [1.29, 1.82) is 0 Å². The Morgan fingerprint density at radius 1 is 1.11 bits per heavy atom. The van der Waals surface area contributed by atoms with Gasteiger partial charge in [-0.3, -0.25) is 4.79 Å². The maximum Gasteiger partial charge on any atom is 0.249 e. The van der Waals surface area contributed by atoms with E-state index in [-0.39, 0.29) is 10.5 Å². The van der Waals surface area contributed by atoms with Crippen LogP contribution in [0.2, 0.25) is 0 Å². The highest BCUT2D eigenvalue weighted by atomic mass is 32.2. The summed E-state index contributed by atoms with van der Waals surface area (Å²) in [6, 6.07) is 13.5. The summed E-state index contributed by atoms with van der Waals surface area (Å²) >= 11 is 0. The molecule has 0 bridgehead atoms. The van der Waals surface area contributed by atoms with Gasteiger partial charge in [0.2, 0.25) is 15.9 Å². The molecule has 2 aromatic rings. The third kappa shape index (κ3) is 2.64. The molecule has 0 atom stereocenters. The number of primary sulfonamides is 1. The Morgan fingerprint density at radius 3 is 2.42 bits per heavy atom. The van der Waals surface area contributed by atoms with E-state index in [1.54, 1.807) is 30.3 Å². The van der Waals surface area contributed by atoms with Crippen molar-refractivity contribution in [2.75, 3.05) is 0 Å². The second kappa shape index (κ2) is 4.83. The van der Waals surface area contributed by atoms with Crippen LogP contribution in [0.25, 0.3) is 11.1 Å². The van der Waals surface area contributed by atoms with Gasteiger partial charge in [0.1, 0.15) is 0 Å². The number of nitrogens with two attached hydrogens (primary N) is 2. The number of hydrogen-bond donors (Lipinski definition) is 2. The number of carbonyl (C=O) groups excluding carboxylic acids is 1. The molecule has 0 saturated heterocycles. The van der Waals surface area contributed by atoms with E-state index in [2.05, 4.69) is 6.07 Å². The summed E-state index contributed by atoms with van der Waals surface area (Å²) < 4.78 is 23.1. The van der Waals surface area contributed by atoms with Crippen LogP contribution in [0.1, 0.15) is 10.4 Å². The molecule has 2 rings (SSSR count). The van der Waals surface area contributed by atoms with Crippen molar-refractivity contribution in [1.82, 2.24) is 0 Å². The monoisotopic (exact) mass is 275 g/mol. The lowest BCUT2D eigenvalue weighted by atomic mass is 9.99. The molecule has 1 amide bonds. The molecule has 0 heterocycles. The third-order valence-electron chi connectivity index (χ3n) is 2.61. The molecule has 0 aliphatic rings. The number of benzene rings is 2. The van der Waals surface area contributed by atoms with Gasteiger partial charge in [0.05, 0.1) is 4.90 Å². The molecule has 97 valence electrons. The van der Waals surface area contributed by atoms with Gasteiger partial charge in [-0.05, 0) is 23.8 Å². The summed E-state index contributed by atoms with van der Waals surface area (Å²) in [5.41, 5.74) is 6.22. The zero-order valence-electron chi connectivity index (χ0n) is 9.83. The number of rotatable bonds is 3. The lowest BCUT2D eigenvalue weighted by Gasteiger charge is -2.10. The molecule has 0 spiro atoms. The van der Waals surface area contributed by atoms with Crippen LogP contribution in [0.3, 0.4) is 0 Å². The summed E-state index contributed by atoms with van der Waals surface area (Å²) in [5, 5.41) is 5.17. The fourth-order valence-corrected chi connectivity index (χ4v) is 2.56. The van der Waals surface area contributed by atoms with Gasteiger partial charge in [-0.15, -0.1) is 0 Å². The Morgan fingerprint density at radius 2 is 1.79 bits per heavy atom. The predicted molar refractivity (Wildman–Crippen MR) is 70.6 cm³/mol. The molecule has 0 aromatic heterocycles. The first kappa shape index (κ1) is 13.3. The van der Waals surface area contributed by atoms with Crippen molar-refractivity contribution in [3.8, 4) is 11.1 Å². The molecule has 0 unspecified atom stereocenters. The molecular formula is C13H11N2O3S. The van der Waals surface area contributed by atoms with Gasteiger partial charge in [0.25, 0.3) is 0 Å². The molecular weight excluding hydrogens is 264 g/mol. The predicted octanol–water partition coefficient (Wildman–Crippen LogP) is 0.900. The highest BCUT2D eigenvalue weighted by molar-refractivity contribution is 7.89. The van der Waals surface area contributed by atoms with Gasteiger partial charge in [-0.25, -0.2) is 13.6 Å². The first-order valence-electron chi connectivity index (χ1n) is 5.33. The molecule has 6 heteroatoms. The number of sulfonamides is 1. The molecule has 0 fully saturated rings. The van der Waals surface area contributed by atoms with Crippen molar-refractivity contribution in [2.45, 2.75) is 4.90 Å². The van der Waals surface area contributed by atoms with Crippen molar-refractivity contribution < 1.29 is 13.2 Å². The lowest BCUT2D eigenvalue weighted by molar-refractivity contribution is 0.100. The fraction of sp³-hybridized carbons (Fsp3) is 0. The first-order chi connectivity index (χ1) is 8.91. The second-order valence-corrected chi connectivity index (χ2v) is 5.41. The van der Waals surface area contributed by atoms with E-state index in [4.69, 9.17) is 10.9 Å². The Bertz CT molecular complexity index is 739. The molecule has 19 heavy (non-hydrogen) atoms. The largest absolute Gasteiger partial charge is 0.366 e. The molecule has 0 aliphatic carbocycles. The van der Waals surface area contributed by atoms with E-state index in [0.29, 0.717) is 11.1 Å². The van der Waals surface area contributed by atoms with Crippen LogP contribution in [0.5, 0.6) is 0 Å². The quantitative estimate of drug-likeness (QED) is 0.869. The average molecular weight is 275 g/mol. The van der Waals surface area contributed by atoms with Gasteiger partial charge >= 0.3 is 0 Å². The highest BCUT2D eigenvalue weighted by Gasteiger charge is 2.17. The molecule has 5 nitrogen and oxygen atoms in total. The van der Waals surface area contributed by atoms with Crippen LogP contribution in [-0.2, 0) is 10.0 Å². The van der Waals surface area contributed by atoms with E-state index in [0.717, 1.165) is 0 Å². The van der Waals surface area contributed by atoms with Crippen LogP contribution in [-0.4, -0.2) is 14.3 Å². The van der Waals surface area contributed by atoms with Gasteiger partial charge < -0.3 is 5.73 Å². The van der Waals surface area contributed by atoms with Gasteiger partial charge in [-0.2, -0.15) is 0 Å². The number of hydrogen-bond acceptors (Lipinski definition) is 3. The highest BCUT2D eigenvalue weighted by Crippen LogP contribution is 2.28. The maximum absolute atomic E-state index is 11.6. The van der Waals surface area contributed by atoms with Gasteiger partial charge in [-0.1, -0.05) is 30.3 Å². The van der Waals surface area contributed by atoms with Gasteiger partial charge in [0, 0.05) is 11.1 Å². The lowest BCUT2D eigenvalue weighted by Crippen LogP contribution is -2.15. The zero-order chi connectivity index (χ0) is 14.0. The van der Waals surface area contributed by atoms with Crippen molar-refractivity contribution >= 4 is 15.9 Å². The normalized spacial score (nSPS) is 11.2. The van der Waals surface area contributed by atoms with Crippen LogP contribution in [0.15, 0.2) is 47.4 Å². The first-order valence-corrected chi connectivity index (χ1v) is 6.88. The summed E-state index contributed by atoms with van der Waals surface area (Å²) in [6.07, 6.45) is 0. The maximum atomic E-state index is 11.6. The Labute approximate surface area is 110 Å². The molecule has 2 aromatic carbocycles. The third-order valence-corrected chi connectivity index (χ3v) is 3.58. The molecule has 0 aliphatic heterocycles. The minimum absolute atomic E-state index is 0.0521. The van der Waals surface area contributed by atoms with E-state index in [1.807, 2.05) is 0 Å². The Hall–Kier alpha value is -2.18. The zero-order valence-corrected chi connectivity index (χ0v) is 10.6. The Kier molecular flexibility index (Phi) is 3.37. The molecule has 1 radical (unpaired) electrons. The van der Waals surface area contributed by atoms with Crippen LogP contribution in [0, 0.1) is 6.07 Å². The van der Waals surface area contributed by atoms with Crippen LogP contribution < -0.4 is 10.9 Å². The average Bonchev–Trinajstić information content (AvgIpc) is 2.37. The number of carbonyl (C=O) groups is 1. The number of primary amides is 1. The second-order valence-electron chi connectivity index (χ2n) is 3.88. The van der Waals surface area contributed by atoms with Crippen LogP contribution >= 0.6 is 0 Å². The topological polar surface area (TPSA) is 103 Å². The fourth-order valence-electron chi connectivity index (χ4n) is 1.81. The summed E-state index contributed by atoms with van der Waals surface area (Å²) in [5.74, 6) is -0.656. The summed E-state index contributed by atoms with van der Waals surface area (Å²) in [4.78, 5) is 11.3. The SMILES string of the molecule is NC(=O)c1c[c]ccc1-c1ccccc1S(N)(=O)=O. The Balaban J connectivity index is 2.78. The van der Waals surface area contributed by atoms with E-state index < -0.39 is 15.9 Å². The van der Waals surface area contributed by atoms with Crippen LogP contribution in [0.4, 0.5) is 0 Å². The van der Waals surface area contributed by atoms with Gasteiger partial charge in [0.15, 0.2) is 0 Å². The summed E-state index contributed by atoms with van der Waals surface area (Å²) in [7, 11) is -3.89. The summed E-state index contributed by atoms with van der Waals surface area (Å²) in [6.45, 7) is 0. The minimum Gasteiger partial charge on any atom is -0.366 e. The minimum atomic E-state index is -3.89. The van der Waals surface area contributed by atoms with E-state index >= 15 is 0 Å². The molecule has 4 N–H and O–H groups in total. The molecule has 0 saturated carbocycles. The van der Waals surface area contributed by atoms with Crippen molar-refractivity contribution in [3.05, 3.63) is 54.1 Å². The van der Waals surface area contributed by atoms with E-state index in [9.17, 15) is 13.2 Å². The van der Waals surface area contributed by atoms with Crippen molar-refractivity contribution in [2.24, 2.45) is 10.9 Å². The van der Waals surface area contributed by atoms with E-state index in [1.165, 1.54) is 12.1 Å². The smallest absolute Gasteiger partial charge is 0.249 e.